The number of hydrogen-bond acceptors (Lipinski definition) is 6. The molecule has 2 aromatic heterocycles. The van der Waals surface area contributed by atoms with Crippen molar-refractivity contribution in [2.75, 3.05) is 24.2 Å². The predicted molar refractivity (Wildman–Crippen MR) is 81.5 cm³/mol. The van der Waals surface area contributed by atoms with Gasteiger partial charge in [0.05, 0.1) is 0 Å². The molecule has 0 aromatic carbocycles. The van der Waals surface area contributed by atoms with E-state index in [0.717, 1.165) is 41.8 Å². The molecule has 0 aliphatic heterocycles. The van der Waals surface area contributed by atoms with Crippen LogP contribution in [0.25, 0.3) is 0 Å². The highest BCUT2D eigenvalue weighted by molar-refractivity contribution is 5.57. The fourth-order valence-electron chi connectivity index (χ4n) is 2.26. The van der Waals surface area contributed by atoms with Crippen LogP contribution < -0.4 is 10.6 Å². The molecule has 1 aliphatic rings. The van der Waals surface area contributed by atoms with Gasteiger partial charge >= 0.3 is 0 Å². The van der Waals surface area contributed by atoms with Crippen LogP contribution in [0.15, 0.2) is 6.33 Å². The first-order valence-electron chi connectivity index (χ1n) is 7.32. The summed E-state index contributed by atoms with van der Waals surface area (Å²) >= 11 is 0. The summed E-state index contributed by atoms with van der Waals surface area (Å²) in [7, 11) is 3.77. The van der Waals surface area contributed by atoms with E-state index in [4.69, 9.17) is 0 Å². The monoisotopic (exact) mass is 287 g/mol. The van der Waals surface area contributed by atoms with Gasteiger partial charge in [0.25, 0.3) is 0 Å². The molecular weight excluding hydrogens is 266 g/mol. The average molecular weight is 287 g/mol. The molecule has 2 N–H and O–H groups in total. The van der Waals surface area contributed by atoms with Crippen molar-refractivity contribution in [3.8, 4) is 0 Å². The second kappa shape index (κ2) is 5.67. The fraction of sp³-hybridized carbons (Fsp3) is 0.571. The molecular formula is C14H21N7. The molecule has 0 amide bonds. The van der Waals surface area contributed by atoms with Crippen LogP contribution in [0.1, 0.15) is 36.0 Å². The molecule has 7 heteroatoms. The average Bonchev–Trinajstić information content (AvgIpc) is 3.24. The first-order chi connectivity index (χ1) is 10.2. The third kappa shape index (κ3) is 3.12. The van der Waals surface area contributed by atoms with E-state index in [-0.39, 0.29) is 0 Å². The molecule has 0 saturated heterocycles. The summed E-state index contributed by atoms with van der Waals surface area (Å²) in [5.41, 5.74) is 1.05. The van der Waals surface area contributed by atoms with Crippen LogP contribution in [-0.2, 0) is 13.5 Å². The van der Waals surface area contributed by atoms with Gasteiger partial charge in [0.2, 0.25) is 0 Å². The van der Waals surface area contributed by atoms with Gasteiger partial charge in [-0.1, -0.05) is 0 Å². The van der Waals surface area contributed by atoms with Crippen LogP contribution in [0.4, 0.5) is 11.6 Å². The summed E-state index contributed by atoms with van der Waals surface area (Å²) in [6.45, 7) is 2.79. The first kappa shape index (κ1) is 13.8. The van der Waals surface area contributed by atoms with E-state index in [9.17, 15) is 0 Å². The van der Waals surface area contributed by atoms with Crippen LogP contribution in [0.2, 0.25) is 0 Å². The van der Waals surface area contributed by atoms with Crippen molar-refractivity contribution in [3.05, 3.63) is 23.5 Å². The standard InChI is InChI=1S/C14H21N7/c1-9-12(15-2)18-14(10-4-5-10)19-13(9)16-7-6-11-17-8-21(3)20-11/h8,10H,4-7H2,1-3H3,(H2,15,16,18,19). The third-order valence-electron chi connectivity index (χ3n) is 3.63. The van der Waals surface area contributed by atoms with Crippen LogP contribution in [0, 0.1) is 6.92 Å². The molecule has 1 fully saturated rings. The maximum Gasteiger partial charge on any atom is 0.152 e. The Morgan fingerprint density at radius 3 is 2.67 bits per heavy atom. The van der Waals surface area contributed by atoms with Crippen molar-refractivity contribution in [3.63, 3.8) is 0 Å². The van der Waals surface area contributed by atoms with Crippen molar-refractivity contribution >= 4 is 11.6 Å². The zero-order valence-electron chi connectivity index (χ0n) is 12.7. The third-order valence-corrected chi connectivity index (χ3v) is 3.63. The molecule has 0 radical (unpaired) electrons. The summed E-state index contributed by atoms with van der Waals surface area (Å²) in [5.74, 6) is 4.14. The lowest BCUT2D eigenvalue weighted by molar-refractivity contribution is 0.741. The molecule has 0 unspecified atom stereocenters. The summed E-state index contributed by atoms with van der Waals surface area (Å²) < 4.78 is 1.72. The normalized spacial score (nSPS) is 14.2. The highest BCUT2D eigenvalue weighted by Gasteiger charge is 2.28. The largest absolute Gasteiger partial charge is 0.373 e. The quantitative estimate of drug-likeness (QED) is 0.838. The summed E-state index contributed by atoms with van der Waals surface area (Å²) in [5, 5.41) is 10.8. The molecule has 7 nitrogen and oxygen atoms in total. The van der Waals surface area contributed by atoms with Crippen LogP contribution in [-0.4, -0.2) is 38.3 Å². The molecule has 112 valence electrons. The van der Waals surface area contributed by atoms with Gasteiger partial charge in [-0.05, 0) is 19.8 Å². The van der Waals surface area contributed by atoms with Gasteiger partial charge in [-0.2, -0.15) is 5.10 Å². The van der Waals surface area contributed by atoms with Crippen LogP contribution in [0.5, 0.6) is 0 Å². The molecule has 0 spiro atoms. The Bertz CT molecular complexity index is 630. The molecule has 0 bridgehead atoms. The minimum atomic E-state index is 0.538. The lowest BCUT2D eigenvalue weighted by Crippen LogP contribution is -2.12. The second-order valence-electron chi connectivity index (χ2n) is 5.44. The lowest BCUT2D eigenvalue weighted by atomic mass is 10.2. The van der Waals surface area contributed by atoms with E-state index in [1.807, 2.05) is 21.0 Å². The molecule has 0 atom stereocenters. The highest BCUT2D eigenvalue weighted by atomic mass is 15.3. The number of hydrogen-bond donors (Lipinski definition) is 2. The first-order valence-corrected chi connectivity index (χ1v) is 7.32. The molecule has 21 heavy (non-hydrogen) atoms. The van der Waals surface area contributed by atoms with Crippen molar-refractivity contribution < 1.29 is 0 Å². The van der Waals surface area contributed by atoms with Gasteiger partial charge in [0.15, 0.2) is 5.82 Å². The number of nitrogens with zero attached hydrogens (tertiary/aromatic N) is 5. The highest BCUT2D eigenvalue weighted by Crippen LogP contribution is 2.39. The molecule has 2 aromatic rings. The molecule has 1 saturated carbocycles. The summed E-state index contributed by atoms with van der Waals surface area (Å²) in [4.78, 5) is 13.5. The smallest absolute Gasteiger partial charge is 0.152 e. The van der Waals surface area contributed by atoms with Crippen molar-refractivity contribution in [1.82, 2.24) is 24.7 Å². The Labute approximate surface area is 124 Å². The Hall–Kier alpha value is -2.18. The van der Waals surface area contributed by atoms with Gasteiger partial charge in [0.1, 0.15) is 23.8 Å². The minimum absolute atomic E-state index is 0.538. The number of nitrogens with one attached hydrogen (secondary N) is 2. The minimum Gasteiger partial charge on any atom is -0.373 e. The van der Waals surface area contributed by atoms with Crippen LogP contribution in [0.3, 0.4) is 0 Å². The molecule has 2 heterocycles. The summed E-state index contributed by atoms with van der Waals surface area (Å²) in [6, 6.07) is 0. The topological polar surface area (TPSA) is 80.5 Å². The fourth-order valence-corrected chi connectivity index (χ4v) is 2.26. The molecule has 1 aliphatic carbocycles. The van der Waals surface area contributed by atoms with Gasteiger partial charge < -0.3 is 10.6 Å². The number of aromatic nitrogens is 5. The second-order valence-corrected chi connectivity index (χ2v) is 5.44. The van der Waals surface area contributed by atoms with E-state index in [1.54, 1.807) is 11.0 Å². The van der Waals surface area contributed by atoms with E-state index in [2.05, 4.69) is 30.7 Å². The maximum absolute atomic E-state index is 4.67. The van der Waals surface area contributed by atoms with Crippen molar-refractivity contribution in [1.29, 1.82) is 0 Å². The van der Waals surface area contributed by atoms with Gasteiger partial charge in [0, 0.05) is 38.5 Å². The number of rotatable bonds is 6. The van der Waals surface area contributed by atoms with E-state index in [0.29, 0.717) is 5.92 Å². The molecule has 3 rings (SSSR count). The predicted octanol–water partition coefficient (Wildman–Crippen LogP) is 1.49. The maximum atomic E-state index is 4.67. The van der Waals surface area contributed by atoms with Gasteiger partial charge in [-0.25, -0.2) is 15.0 Å². The lowest BCUT2D eigenvalue weighted by Gasteiger charge is -2.13. The Balaban J connectivity index is 1.70. The zero-order valence-corrected chi connectivity index (χ0v) is 12.7. The number of aryl methyl sites for hydroxylation is 1. The zero-order chi connectivity index (χ0) is 14.8. The van der Waals surface area contributed by atoms with E-state index < -0.39 is 0 Å². The van der Waals surface area contributed by atoms with Crippen molar-refractivity contribution in [2.45, 2.75) is 32.1 Å². The Morgan fingerprint density at radius 1 is 1.29 bits per heavy atom. The SMILES string of the molecule is CNc1nc(C2CC2)nc(NCCc2ncn(C)n2)c1C. The van der Waals surface area contributed by atoms with E-state index in [1.165, 1.54) is 12.8 Å². The number of anilines is 2. The Morgan fingerprint density at radius 2 is 2.05 bits per heavy atom. The van der Waals surface area contributed by atoms with Gasteiger partial charge in [-0.3, -0.25) is 4.68 Å². The summed E-state index contributed by atoms with van der Waals surface area (Å²) in [6.07, 6.45) is 4.89. The van der Waals surface area contributed by atoms with E-state index >= 15 is 0 Å². The van der Waals surface area contributed by atoms with Crippen LogP contribution >= 0.6 is 0 Å². The van der Waals surface area contributed by atoms with Gasteiger partial charge in [-0.15, -0.1) is 0 Å². The van der Waals surface area contributed by atoms with Crippen molar-refractivity contribution in [2.24, 2.45) is 7.05 Å². The Kier molecular flexibility index (Phi) is 3.72.